The average Bonchev–Trinajstić information content (AvgIpc) is 2.54. The maximum Gasteiger partial charge on any atom is 0.330 e. The molecule has 2 rings (SSSR count). The number of rotatable bonds is 2. The van der Waals surface area contributed by atoms with Crippen LogP contribution in [0.4, 0.5) is 0 Å². The number of alkyl halides is 1. The number of aromatic amines is 1. The lowest BCUT2D eigenvalue weighted by molar-refractivity contribution is -0.0305. The summed E-state index contributed by atoms with van der Waals surface area (Å²) in [4.78, 5) is 23.9. The highest BCUT2D eigenvalue weighted by molar-refractivity contribution is 6.24. The molecule has 7 heteroatoms. The summed E-state index contributed by atoms with van der Waals surface area (Å²) in [6, 6.07) is 1.23. The standard InChI is InChI=1S/C10H13ClN2O4/c1-10(11)4-6(5-14)17-8(10)13-3-2-7(15)12-9(13)16/h2-3,6,8,14H,4-5H2,1H3,(H,12,15,16)/t6-,8+,10+/m0/s1. The molecule has 0 saturated carbocycles. The molecule has 3 atom stereocenters. The zero-order chi connectivity index (χ0) is 12.6. The van der Waals surface area contributed by atoms with Gasteiger partial charge in [0.1, 0.15) is 0 Å². The Kier molecular flexibility index (Phi) is 3.11. The highest BCUT2D eigenvalue weighted by Gasteiger charge is 2.45. The van der Waals surface area contributed by atoms with E-state index in [1.165, 1.54) is 16.8 Å². The summed E-state index contributed by atoms with van der Waals surface area (Å²) < 4.78 is 6.72. The molecule has 1 aliphatic heterocycles. The largest absolute Gasteiger partial charge is 0.394 e. The van der Waals surface area contributed by atoms with Gasteiger partial charge in [0.2, 0.25) is 0 Å². The lowest BCUT2D eigenvalue weighted by Gasteiger charge is -2.24. The van der Waals surface area contributed by atoms with Crippen molar-refractivity contribution in [2.45, 2.75) is 30.6 Å². The van der Waals surface area contributed by atoms with Crippen LogP contribution in [0.5, 0.6) is 0 Å². The molecule has 2 heterocycles. The Morgan fingerprint density at radius 1 is 1.71 bits per heavy atom. The molecule has 0 radical (unpaired) electrons. The molecule has 1 fully saturated rings. The molecule has 2 N–H and O–H groups in total. The first-order valence-corrected chi connectivity index (χ1v) is 5.58. The van der Waals surface area contributed by atoms with Crippen LogP contribution in [0, 0.1) is 0 Å². The van der Waals surface area contributed by atoms with Gasteiger partial charge in [0.15, 0.2) is 6.23 Å². The molecule has 0 aromatic carbocycles. The molecule has 0 amide bonds. The summed E-state index contributed by atoms with van der Waals surface area (Å²) in [5, 5.41) is 9.05. The van der Waals surface area contributed by atoms with Gasteiger partial charge < -0.3 is 9.84 Å². The molecule has 1 aromatic rings. The predicted octanol–water partition coefficient (Wildman–Crippen LogP) is -0.186. The molecule has 94 valence electrons. The Bertz CT molecular complexity index is 522. The Morgan fingerprint density at radius 3 is 2.94 bits per heavy atom. The number of aliphatic hydroxyl groups is 1. The van der Waals surface area contributed by atoms with Gasteiger partial charge in [-0.1, -0.05) is 0 Å². The van der Waals surface area contributed by atoms with Crippen LogP contribution in [0.3, 0.4) is 0 Å². The lowest BCUT2D eigenvalue weighted by Crippen LogP contribution is -2.37. The van der Waals surface area contributed by atoms with E-state index in [1.807, 2.05) is 0 Å². The second-order valence-corrected chi connectivity index (χ2v) is 5.16. The van der Waals surface area contributed by atoms with Gasteiger partial charge in [0.25, 0.3) is 5.56 Å². The highest BCUT2D eigenvalue weighted by Crippen LogP contribution is 2.41. The van der Waals surface area contributed by atoms with Crippen molar-refractivity contribution in [3.05, 3.63) is 33.1 Å². The van der Waals surface area contributed by atoms with Gasteiger partial charge in [0, 0.05) is 12.3 Å². The molecule has 6 nitrogen and oxygen atoms in total. The molecular weight excluding hydrogens is 248 g/mol. The summed E-state index contributed by atoms with van der Waals surface area (Å²) in [5.41, 5.74) is -1.05. The zero-order valence-corrected chi connectivity index (χ0v) is 9.98. The first-order chi connectivity index (χ1) is 7.94. The van der Waals surface area contributed by atoms with Crippen LogP contribution in [0.1, 0.15) is 19.6 Å². The van der Waals surface area contributed by atoms with Gasteiger partial charge in [-0.3, -0.25) is 14.3 Å². The Hall–Kier alpha value is -1.11. The van der Waals surface area contributed by atoms with Crippen LogP contribution in [-0.2, 0) is 4.74 Å². The van der Waals surface area contributed by atoms with Crippen molar-refractivity contribution >= 4 is 11.6 Å². The third kappa shape index (κ3) is 2.29. The Morgan fingerprint density at radius 2 is 2.41 bits per heavy atom. The van der Waals surface area contributed by atoms with E-state index in [4.69, 9.17) is 21.4 Å². The third-order valence-electron chi connectivity index (χ3n) is 2.77. The molecule has 17 heavy (non-hydrogen) atoms. The molecule has 1 aromatic heterocycles. The van der Waals surface area contributed by atoms with E-state index in [0.29, 0.717) is 6.42 Å². The summed E-state index contributed by atoms with van der Waals surface area (Å²) >= 11 is 6.27. The third-order valence-corrected chi connectivity index (χ3v) is 3.11. The SMILES string of the molecule is C[C@@]1(Cl)C[C@@H](CO)O[C@H]1n1ccc(=O)[nH]c1=O. The number of hydrogen-bond acceptors (Lipinski definition) is 4. The monoisotopic (exact) mass is 260 g/mol. The van der Waals surface area contributed by atoms with Crippen LogP contribution in [0.25, 0.3) is 0 Å². The van der Waals surface area contributed by atoms with E-state index in [2.05, 4.69) is 4.98 Å². The maximum absolute atomic E-state index is 11.6. The molecule has 1 saturated heterocycles. The van der Waals surface area contributed by atoms with Crippen LogP contribution >= 0.6 is 11.6 Å². The van der Waals surface area contributed by atoms with Gasteiger partial charge >= 0.3 is 5.69 Å². The van der Waals surface area contributed by atoms with Crippen LogP contribution in [-0.4, -0.2) is 32.2 Å². The normalized spacial score (nSPS) is 32.9. The van der Waals surface area contributed by atoms with Crippen molar-refractivity contribution in [3.63, 3.8) is 0 Å². The van der Waals surface area contributed by atoms with E-state index in [0.717, 1.165) is 0 Å². The van der Waals surface area contributed by atoms with E-state index < -0.39 is 28.5 Å². The minimum absolute atomic E-state index is 0.156. The van der Waals surface area contributed by atoms with Gasteiger partial charge in [-0.25, -0.2) is 4.79 Å². The summed E-state index contributed by atoms with van der Waals surface area (Å²) in [7, 11) is 0. The Balaban J connectivity index is 2.40. The molecular formula is C10H13ClN2O4. The maximum atomic E-state index is 11.6. The number of aromatic nitrogens is 2. The zero-order valence-electron chi connectivity index (χ0n) is 9.22. The van der Waals surface area contributed by atoms with Gasteiger partial charge in [-0.05, 0) is 13.3 Å². The number of nitrogens with one attached hydrogen (secondary N) is 1. The number of nitrogens with zero attached hydrogens (tertiary/aromatic N) is 1. The quantitative estimate of drug-likeness (QED) is 0.722. The second kappa shape index (κ2) is 4.29. The minimum Gasteiger partial charge on any atom is -0.394 e. The predicted molar refractivity (Wildman–Crippen MR) is 61.2 cm³/mol. The molecule has 0 unspecified atom stereocenters. The van der Waals surface area contributed by atoms with Crippen molar-refractivity contribution in [1.29, 1.82) is 0 Å². The first-order valence-electron chi connectivity index (χ1n) is 5.21. The van der Waals surface area contributed by atoms with Crippen molar-refractivity contribution in [2.24, 2.45) is 0 Å². The molecule has 1 aliphatic rings. The van der Waals surface area contributed by atoms with Crippen molar-refractivity contribution in [3.8, 4) is 0 Å². The van der Waals surface area contributed by atoms with Gasteiger partial charge in [-0.15, -0.1) is 11.6 Å². The lowest BCUT2D eigenvalue weighted by atomic mass is 10.1. The number of ether oxygens (including phenoxy) is 1. The van der Waals surface area contributed by atoms with Crippen LogP contribution in [0.2, 0.25) is 0 Å². The minimum atomic E-state index is -0.796. The smallest absolute Gasteiger partial charge is 0.330 e. The van der Waals surface area contributed by atoms with Crippen molar-refractivity contribution in [2.75, 3.05) is 6.61 Å². The highest BCUT2D eigenvalue weighted by atomic mass is 35.5. The first kappa shape index (κ1) is 12.3. The number of H-pyrrole nitrogens is 1. The fourth-order valence-electron chi connectivity index (χ4n) is 1.99. The molecule has 0 bridgehead atoms. The summed E-state index contributed by atoms with van der Waals surface area (Å²) in [5.74, 6) is 0. The molecule has 0 spiro atoms. The van der Waals surface area contributed by atoms with Gasteiger partial charge in [-0.2, -0.15) is 0 Å². The van der Waals surface area contributed by atoms with E-state index >= 15 is 0 Å². The number of aliphatic hydroxyl groups excluding tert-OH is 1. The van der Waals surface area contributed by atoms with Crippen molar-refractivity contribution in [1.82, 2.24) is 9.55 Å². The molecule has 0 aliphatic carbocycles. The van der Waals surface area contributed by atoms with E-state index in [1.54, 1.807) is 6.92 Å². The number of hydrogen-bond donors (Lipinski definition) is 2. The number of halogens is 1. The second-order valence-electron chi connectivity index (χ2n) is 4.29. The summed E-state index contributed by atoms with van der Waals surface area (Å²) in [6.07, 6.45) is 0.667. The topological polar surface area (TPSA) is 84.3 Å². The van der Waals surface area contributed by atoms with E-state index in [9.17, 15) is 9.59 Å². The van der Waals surface area contributed by atoms with Crippen LogP contribution < -0.4 is 11.2 Å². The van der Waals surface area contributed by atoms with Crippen LogP contribution in [0.15, 0.2) is 21.9 Å². The fraction of sp³-hybridized carbons (Fsp3) is 0.600. The van der Waals surface area contributed by atoms with Crippen molar-refractivity contribution < 1.29 is 9.84 Å². The average molecular weight is 261 g/mol. The van der Waals surface area contributed by atoms with Gasteiger partial charge in [0.05, 0.1) is 17.6 Å². The Labute approximate surface area is 102 Å². The fourth-order valence-corrected chi connectivity index (χ4v) is 2.32. The van der Waals surface area contributed by atoms with E-state index in [-0.39, 0.29) is 6.61 Å². The summed E-state index contributed by atoms with van der Waals surface area (Å²) in [6.45, 7) is 1.57.